The third kappa shape index (κ3) is 1.01. The number of aromatic nitrogens is 3. The number of nitrogens with two attached hydrogens (primary N) is 1. The Morgan fingerprint density at radius 1 is 1.20 bits per heavy atom. The molecule has 2 aromatic heterocycles. The first-order valence-corrected chi connectivity index (χ1v) is 4.73. The van der Waals surface area contributed by atoms with E-state index in [1.807, 2.05) is 35.9 Å². The summed E-state index contributed by atoms with van der Waals surface area (Å²) in [6, 6.07) is 7.98. The predicted octanol–water partition coefficient (Wildman–Crippen LogP) is 1.70. The molecule has 3 aromatic rings. The Bertz CT molecular complexity index is 654. The minimum Gasteiger partial charge on any atom is -0.369 e. The molecule has 0 aliphatic rings. The molecule has 0 fully saturated rings. The third-order valence-corrected chi connectivity index (χ3v) is 2.64. The number of para-hydroxylation sites is 1. The van der Waals surface area contributed by atoms with Crippen molar-refractivity contribution >= 4 is 27.9 Å². The number of nitrogen functional groups attached to an aromatic ring is 1. The first-order chi connectivity index (χ1) is 7.27. The highest BCUT2D eigenvalue weighted by Gasteiger charge is 2.08. The summed E-state index contributed by atoms with van der Waals surface area (Å²) in [5.74, 6) is 0.517. The number of hydrogen-bond donors (Lipinski definition) is 1. The van der Waals surface area contributed by atoms with E-state index in [0.717, 1.165) is 21.9 Å². The second-order valence-electron chi connectivity index (χ2n) is 3.54. The van der Waals surface area contributed by atoms with Gasteiger partial charge < -0.3 is 10.3 Å². The molecule has 0 saturated carbocycles. The molecular weight excluding hydrogens is 188 g/mol. The van der Waals surface area contributed by atoms with Gasteiger partial charge in [0.15, 0.2) is 0 Å². The van der Waals surface area contributed by atoms with E-state index in [4.69, 9.17) is 5.73 Å². The van der Waals surface area contributed by atoms with Crippen LogP contribution in [-0.2, 0) is 7.05 Å². The summed E-state index contributed by atoms with van der Waals surface area (Å²) in [7, 11) is 1.91. The Balaban J connectivity index is 2.63. The van der Waals surface area contributed by atoms with Crippen molar-refractivity contribution in [3.8, 4) is 0 Å². The zero-order valence-electron chi connectivity index (χ0n) is 8.31. The second kappa shape index (κ2) is 2.70. The number of imidazole rings is 1. The molecule has 0 aliphatic carbocycles. The lowest BCUT2D eigenvalue weighted by Gasteiger charge is -2.00. The largest absolute Gasteiger partial charge is 0.369 e. The molecule has 0 saturated heterocycles. The summed E-state index contributed by atoms with van der Waals surface area (Å²) in [5.41, 5.74) is 8.61. The number of nitrogens with zero attached hydrogens (tertiary/aromatic N) is 3. The fourth-order valence-corrected chi connectivity index (χ4v) is 1.86. The Hall–Kier alpha value is -2.10. The lowest BCUT2D eigenvalue weighted by atomic mass is 10.2. The number of hydrogen-bond acceptors (Lipinski definition) is 3. The van der Waals surface area contributed by atoms with Gasteiger partial charge in [0.05, 0.1) is 17.2 Å². The van der Waals surface area contributed by atoms with Crippen LogP contribution in [0, 0.1) is 0 Å². The maximum absolute atomic E-state index is 5.77. The van der Waals surface area contributed by atoms with Gasteiger partial charge in [-0.05, 0) is 6.07 Å². The molecule has 0 aliphatic heterocycles. The van der Waals surface area contributed by atoms with Gasteiger partial charge in [-0.25, -0.2) is 4.98 Å². The monoisotopic (exact) mass is 198 g/mol. The molecule has 1 aromatic carbocycles. The molecule has 0 atom stereocenters. The minimum absolute atomic E-state index is 0.517. The van der Waals surface area contributed by atoms with Crippen LogP contribution in [0.5, 0.6) is 0 Å². The molecule has 0 radical (unpaired) electrons. The van der Waals surface area contributed by atoms with E-state index >= 15 is 0 Å². The Labute approximate surface area is 86.4 Å². The van der Waals surface area contributed by atoms with Gasteiger partial charge in [0.25, 0.3) is 0 Å². The van der Waals surface area contributed by atoms with Gasteiger partial charge in [-0.2, -0.15) is 0 Å². The summed E-state index contributed by atoms with van der Waals surface area (Å²) in [6.45, 7) is 0. The first-order valence-electron chi connectivity index (χ1n) is 4.73. The highest BCUT2D eigenvalue weighted by Crippen LogP contribution is 2.23. The van der Waals surface area contributed by atoms with E-state index in [-0.39, 0.29) is 0 Å². The third-order valence-electron chi connectivity index (χ3n) is 2.64. The number of fused-ring (bicyclic) bond motifs is 3. The molecule has 0 amide bonds. The van der Waals surface area contributed by atoms with Crippen molar-refractivity contribution in [3.05, 3.63) is 30.5 Å². The van der Waals surface area contributed by atoms with Gasteiger partial charge >= 0.3 is 0 Å². The van der Waals surface area contributed by atoms with Crippen molar-refractivity contribution < 1.29 is 0 Å². The van der Waals surface area contributed by atoms with Gasteiger partial charge in [0.1, 0.15) is 5.52 Å². The molecule has 74 valence electrons. The Kier molecular flexibility index (Phi) is 1.48. The number of anilines is 1. The van der Waals surface area contributed by atoms with E-state index in [1.165, 1.54) is 0 Å². The smallest absolute Gasteiger partial charge is 0.201 e. The van der Waals surface area contributed by atoms with E-state index < -0.39 is 0 Å². The number of rotatable bonds is 0. The summed E-state index contributed by atoms with van der Waals surface area (Å²) >= 11 is 0. The standard InChI is InChI=1S/C11H10N4/c1-15-10-7-4-2-3-5-8(7)13-6-9(10)14-11(15)12/h2-6H,1H3,(H2,12,14). The zero-order valence-corrected chi connectivity index (χ0v) is 8.31. The molecule has 2 heterocycles. The second-order valence-corrected chi connectivity index (χ2v) is 3.54. The molecule has 3 rings (SSSR count). The van der Waals surface area contributed by atoms with Crippen LogP contribution in [0.3, 0.4) is 0 Å². The lowest BCUT2D eigenvalue weighted by molar-refractivity contribution is 0.968. The molecule has 4 heteroatoms. The van der Waals surface area contributed by atoms with E-state index in [9.17, 15) is 0 Å². The fraction of sp³-hybridized carbons (Fsp3) is 0.0909. The van der Waals surface area contributed by atoms with E-state index in [1.54, 1.807) is 6.20 Å². The van der Waals surface area contributed by atoms with Crippen LogP contribution in [0.25, 0.3) is 21.9 Å². The average Bonchev–Trinajstić information content (AvgIpc) is 2.55. The Morgan fingerprint density at radius 2 is 2.00 bits per heavy atom. The van der Waals surface area contributed by atoms with E-state index in [0.29, 0.717) is 5.95 Å². The van der Waals surface area contributed by atoms with Gasteiger partial charge in [-0.15, -0.1) is 0 Å². The summed E-state index contributed by atoms with van der Waals surface area (Å²) in [6.07, 6.45) is 1.76. The first kappa shape index (κ1) is 8.23. The van der Waals surface area contributed by atoms with Crippen LogP contribution in [-0.4, -0.2) is 14.5 Å². The van der Waals surface area contributed by atoms with Crippen LogP contribution >= 0.6 is 0 Å². The summed E-state index contributed by atoms with van der Waals surface area (Å²) < 4.78 is 1.89. The normalized spacial score (nSPS) is 11.3. The van der Waals surface area contributed by atoms with Gasteiger partial charge in [0, 0.05) is 12.4 Å². The predicted molar refractivity (Wildman–Crippen MR) is 60.4 cm³/mol. The maximum atomic E-state index is 5.77. The van der Waals surface area contributed by atoms with Crippen molar-refractivity contribution in [2.75, 3.05) is 5.73 Å². The maximum Gasteiger partial charge on any atom is 0.201 e. The summed E-state index contributed by atoms with van der Waals surface area (Å²) in [5, 5.41) is 1.08. The molecule has 0 spiro atoms. The Morgan fingerprint density at radius 3 is 2.87 bits per heavy atom. The van der Waals surface area contributed by atoms with Crippen LogP contribution in [0.1, 0.15) is 0 Å². The van der Waals surface area contributed by atoms with Gasteiger partial charge in [-0.3, -0.25) is 4.98 Å². The highest BCUT2D eigenvalue weighted by molar-refractivity contribution is 6.02. The number of pyridine rings is 1. The van der Waals surface area contributed by atoms with Crippen LogP contribution in [0.15, 0.2) is 30.5 Å². The van der Waals surface area contributed by atoms with E-state index in [2.05, 4.69) is 9.97 Å². The van der Waals surface area contributed by atoms with Gasteiger partial charge in [-0.1, -0.05) is 18.2 Å². The molecule has 0 bridgehead atoms. The molecule has 0 unspecified atom stereocenters. The molecule has 15 heavy (non-hydrogen) atoms. The van der Waals surface area contributed by atoms with Crippen molar-refractivity contribution in [2.24, 2.45) is 7.05 Å². The molecule has 4 nitrogen and oxygen atoms in total. The van der Waals surface area contributed by atoms with Gasteiger partial charge in [0.2, 0.25) is 5.95 Å². The van der Waals surface area contributed by atoms with Crippen molar-refractivity contribution in [3.63, 3.8) is 0 Å². The molecular formula is C11H10N4. The minimum atomic E-state index is 0.517. The van der Waals surface area contributed by atoms with Crippen LogP contribution in [0.2, 0.25) is 0 Å². The lowest BCUT2D eigenvalue weighted by Crippen LogP contribution is -1.96. The quantitative estimate of drug-likeness (QED) is 0.598. The molecule has 2 N–H and O–H groups in total. The van der Waals surface area contributed by atoms with Crippen LogP contribution < -0.4 is 5.73 Å². The number of aryl methyl sites for hydroxylation is 1. The van der Waals surface area contributed by atoms with Crippen LogP contribution in [0.4, 0.5) is 5.95 Å². The fourth-order valence-electron chi connectivity index (χ4n) is 1.86. The van der Waals surface area contributed by atoms with Crippen molar-refractivity contribution in [1.82, 2.24) is 14.5 Å². The van der Waals surface area contributed by atoms with Crippen molar-refractivity contribution in [1.29, 1.82) is 0 Å². The zero-order chi connectivity index (χ0) is 10.4. The topological polar surface area (TPSA) is 56.7 Å². The summed E-state index contributed by atoms with van der Waals surface area (Å²) in [4.78, 5) is 8.57. The SMILES string of the molecule is Cn1c(N)nc2cnc3ccccc3c21. The average molecular weight is 198 g/mol. The number of benzene rings is 1. The highest BCUT2D eigenvalue weighted by atomic mass is 15.1. The van der Waals surface area contributed by atoms with Crippen molar-refractivity contribution in [2.45, 2.75) is 0 Å².